The Bertz CT molecular complexity index is 1300. The monoisotopic (exact) mass is 589 g/mol. The normalized spacial score (nSPS) is 44.7. The van der Waals surface area contributed by atoms with Crippen molar-refractivity contribution in [2.45, 2.75) is 118 Å². The molecular formula is C38H55NO4. The zero-order valence-corrected chi connectivity index (χ0v) is 27.5. The smallest absolute Gasteiger partial charge is 0.335 e. The molecule has 5 fully saturated rings. The SMILES string of the molecule is C=C(C)[C@@H]1CC[C@]2(C(=O)NCc3ccc(C(=O)O)cc3)CC[C@]3(C)[C@H](CC[C@@H]4[C@@]5(C)CC[C@H](O)C(C)(C)[C@@H]5CC[C@]43C)[C@@H]12. The van der Waals surface area contributed by atoms with E-state index in [1.165, 1.54) is 31.3 Å². The van der Waals surface area contributed by atoms with Gasteiger partial charge >= 0.3 is 5.97 Å². The first kappa shape index (κ1) is 30.9. The van der Waals surface area contributed by atoms with Crippen LogP contribution in [0.3, 0.4) is 0 Å². The Balaban J connectivity index is 1.30. The fraction of sp³-hybridized carbons (Fsp3) is 0.737. The Morgan fingerprint density at radius 2 is 1.56 bits per heavy atom. The minimum Gasteiger partial charge on any atom is -0.478 e. The predicted octanol–water partition coefficient (Wildman–Crippen LogP) is 8.02. The lowest BCUT2D eigenvalue weighted by atomic mass is 9.32. The molecule has 5 saturated carbocycles. The van der Waals surface area contributed by atoms with Crippen molar-refractivity contribution >= 4 is 11.9 Å². The second-order valence-electron chi connectivity index (χ2n) is 16.9. The Morgan fingerprint density at radius 3 is 2.21 bits per heavy atom. The standard InChI is InChI=1S/C38H55NO4/c1-23(2)26-14-19-38(33(43)39-22-24-8-10-25(11-9-24)32(41)42)21-20-36(6)27(31(26)38)12-13-29-35(5)17-16-30(40)34(3,4)28(35)15-18-37(29,36)7/h8-11,26-31,40H,1,12-22H2,2-7H3,(H,39,43)(H,41,42)/t26-,27+,28-,29+,30-,31+,35-,36+,37+,38-/m0/s1. The lowest BCUT2D eigenvalue weighted by Gasteiger charge is -2.72. The number of fused-ring (bicyclic) bond motifs is 7. The number of hydrogen-bond acceptors (Lipinski definition) is 3. The average molecular weight is 590 g/mol. The van der Waals surface area contributed by atoms with E-state index in [2.05, 4.69) is 53.4 Å². The topological polar surface area (TPSA) is 86.6 Å². The minimum atomic E-state index is -0.935. The van der Waals surface area contributed by atoms with Crippen molar-refractivity contribution in [1.29, 1.82) is 0 Å². The van der Waals surface area contributed by atoms with Crippen LogP contribution in [-0.2, 0) is 11.3 Å². The zero-order chi connectivity index (χ0) is 31.2. The number of aliphatic hydroxyl groups excluding tert-OH is 1. The van der Waals surface area contributed by atoms with Gasteiger partial charge in [0.2, 0.25) is 5.91 Å². The Morgan fingerprint density at radius 1 is 0.860 bits per heavy atom. The van der Waals surface area contributed by atoms with Gasteiger partial charge in [-0.25, -0.2) is 4.79 Å². The number of nitrogens with one attached hydrogen (secondary N) is 1. The summed E-state index contributed by atoms with van der Waals surface area (Å²) in [6.07, 6.45) is 10.6. The van der Waals surface area contributed by atoms with Crippen LogP contribution in [0.1, 0.15) is 122 Å². The number of allylic oxidation sites excluding steroid dienone is 1. The number of rotatable bonds is 5. The summed E-state index contributed by atoms with van der Waals surface area (Å²) in [5, 5.41) is 23.6. The van der Waals surface area contributed by atoms with Crippen LogP contribution in [0.5, 0.6) is 0 Å². The number of amides is 1. The number of aromatic carboxylic acids is 1. The van der Waals surface area contributed by atoms with Gasteiger partial charge < -0.3 is 15.5 Å². The molecule has 0 aromatic heterocycles. The third kappa shape index (κ3) is 4.26. The molecule has 0 heterocycles. The number of carbonyl (C=O) groups excluding carboxylic acids is 1. The van der Waals surface area contributed by atoms with E-state index in [0.29, 0.717) is 36.1 Å². The Kier molecular flexibility index (Phi) is 7.31. The third-order valence-electron chi connectivity index (χ3n) is 15.2. The van der Waals surface area contributed by atoms with E-state index in [-0.39, 0.29) is 44.6 Å². The second-order valence-corrected chi connectivity index (χ2v) is 16.9. The lowest BCUT2D eigenvalue weighted by Crippen LogP contribution is -2.67. The molecule has 0 unspecified atom stereocenters. The highest BCUT2D eigenvalue weighted by atomic mass is 16.4. The van der Waals surface area contributed by atoms with Crippen LogP contribution in [0.4, 0.5) is 0 Å². The molecule has 5 aliphatic rings. The maximum absolute atomic E-state index is 14.3. The van der Waals surface area contributed by atoms with Gasteiger partial charge in [0, 0.05) is 6.54 Å². The zero-order valence-electron chi connectivity index (χ0n) is 27.5. The van der Waals surface area contributed by atoms with Crippen molar-refractivity contribution in [2.75, 3.05) is 0 Å². The number of carbonyl (C=O) groups is 2. The van der Waals surface area contributed by atoms with Gasteiger partial charge in [-0.05, 0) is 140 Å². The van der Waals surface area contributed by atoms with Crippen LogP contribution >= 0.6 is 0 Å². The molecule has 43 heavy (non-hydrogen) atoms. The van der Waals surface area contributed by atoms with E-state index in [9.17, 15) is 19.8 Å². The molecule has 1 aromatic carbocycles. The number of carboxylic acid groups (broad SMARTS) is 1. The summed E-state index contributed by atoms with van der Waals surface area (Å²) in [5.74, 6) is 1.63. The summed E-state index contributed by atoms with van der Waals surface area (Å²) < 4.78 is 0. The second kappa shape index (κ2) is 10.2. The molecule has 5 aliphatic carbocycles. The number of benzene rings is 1. The van der Waals surface area contributed by atoms with Gasteiger partial charge in [-0.15, -0.1) is 0 Å². The van der Waals surface area contributed by atoms with E-state index in [0.717, 1.165) is 44.1 Å². The lowest BCUT2D eigenvalue weighted by molar-refractivity contribution is -0.246. The molecule has 0 spiro atoms. The molecule has 236 valence electrons. The first-order valence-electron chi connectivity index (χ1n) is 17.1. The Hall–Kier alpha value is -2.14. The van der Waals surface area contributed by atoms with Crippen molar-refractivity contribution in [1.82, 2.24) is 5.32 Å². The number of aliphatic hydroxyl groups is 1. The maximum atomic E-state index is 14.3. The first-order valence-corrected chi connectivity index (χ1v) is 17.1. The van der Waals surface area contributed by atoms with Gasteiger partial charge in [0.25, 0.3) is 0 Å². The van der Waals surface area contributed by atoms with Gasteiger partial charge in [0.15, 0.2) is 0 Å². The number of carboxylic acids is 1. The van der Waals surface area contributed by atoms with Crippen LogP contribution in [0, 0.1) is 56.7 Å². The predicted molar refractivity (Wildman–Crippen MR) is 170 cm³/mol. The minimum absolute atomic E-state index is 0.0453. The largest absolute Gasteiger partial charge is 0.478 e. The molecule has 1 amide bonds. The van der Waals surface area contributed by atoms with Crippen LogP contribution in [0.15, 0.2) is 36.4 Å². The summed E-state index contributed by atoms with van der Waals surface area (Å²) in [6, 6.07) is 6.86. The average Bonchev–Trinajstić information content (AvgIpc) is 3.36. The summed E-state index contributed by atoms with van der Waals surface area (Å²) >= 11 is 0. The molecule has 1 aromatic rings. The highest BCUT2D eigenvalue weighted by Crippen LogP contribution is 2.77. The van der Waals surface area contributed by atoms with Crippen molar-refractivity contribution in [3.05, 3.63) is 47.5 Å². The van der Waals surface area contributed by atoms with Crippen LogP contribution in [-0.4, -0.2) is 28.2 Å². The van der Waals surface area contributed by atoms with E-state index < -0.39 is 5.97 Å². The molecule has 0 aliphatic heterocycles. The van der Waals surface area contributed by atoms with Crippen molar-refractivity contribution in [2.24, 2.45) is 56.7 Å². The van der Waals surface area contributed by atoms with Crippen LogP contribution < -0.4 is 5.32 Å². The summed E-state index contributed by atoms with van der Waals surface area (Å²) in [7, 11) is 0. The molecule has 0 radical (unpaired) electrons. The summed E-state index contributed by atoms with van der Waals surface area (Å²) in [6.45, 7) is 19.5. The fourth-order valence-corrected chi connectivity index (χ4v) is 12.6. The van der Waals surface area contributed by atoms with Gasteiger partial charge in [-0.3, -0.25) is 4.79 Å². The molecule has 3 N–H and O–H groups in total. The maximum Gasteiger partial charge on any atom is 0.335 e. The van der Waals surface area contributed by atoms with E-state index in [1.807, 2.05) is 12.1 Å². The molecule has 5 nitrogen and oxygen atoms in total. The summed E-state index contributed by atoms with van der Waals surface area (Å²) in [4.78, 5) is 25.6. The Labute approximate surface area is 259 Å². The third-order valence-corrected chi connectivity index (χ3v) is 15.2. The quantitative estimate of drug-likeness (QED) is 0.304. The molecule has 6 rings (SSSR count). The molecular weight excluding hydrogens is 534 g/mol. The van der Waals surface area contributed by atoms with Gasteiger partial charge in [0.1, 0.15) is 0 Å². The van der Waals surface area contributed by atoms with Gasteiger partial charge in [0.05, 0.1) is 17.1 Å². The molecule has 5 heteroatoms. The van der Waals surface area contributed by atoms with E-state index >= 15 is 0 Å². The molecule has 10 atom stereocenters. The first-order chi connectivity index (χ1) is 20.1. The van der Waals surface area contributed by atoms with Gasteiger partial charge in [-0.1, -0.05) is 58.9 Å². The molecule has 0 bridgehead atoms. The van der Waals surface area contributed by atoms with E-state index in [1.54, 1.807) is 12.1 Å². The number of hydrogen-bond donors (Lipinski definition) is 3. The van der Waals surface area contributed by atoms with Crippen molar-refractivity contribution in [3.8, 4) is 0 Å². The highest BCUT2D eigenvalue weighted by molar-refractivity contribution is 5.87. The fourth-order valence-electron chi connectivity index (χ4n) is 12.6. The van der Waals surface area contributed by atoms with Crippen molar-refractivity contribution < 1.29 is 19.8 Å². The van der Waals surface area contributed by atoms with Crippen LogP contribution in [0.25, 0.3) is 0 Å². The van der Waals surface area contributed by atoms with E-state index in [4.69, 9.17) is 0 Å². The summed E-state index contributed by atoms with van der Waals surface area (Å²) in [5.41, 5.74) is 2.65. The highest BCUT2D eigenvalue weighted by Gasteiger charge is 2.71. The van der Waals surface area contributed by atoms with Gasteiger partial charge in [-0.2, -0.15) is 0 Å². The van der Waals surface area contributed by atoms with Crippen molar-refractivity contribution in [3.63, 3.8) is 0 Å². The van der Waals surface area contributed by atoms with Crippen LogP contribution in [0.2, 0.25) is 0 Å². The molecule has 0 saturated heterocycles.